The molecule has 0 spiro atoms. The van der Waals surface area contributed by atoms with E-state index >= 15 is 0 Å². The molecular formula is C13H17N3O. The molecule has 1 aromatic rings. The summed E-state index contributed by atoms with van der Waals surface area (Å²) in [4.78, 5) is 11.9. The van der Waals surface area contributed by atoms with Gasteiger partial charge in [-0.2, -0.15) is 10.4 Å². The highest BCUT2D eigenvalue weighted by atomic mass is 16.1. The number of aromatic nitrogens is 2. The highest BCUT2D eigenvalue weighted by Gasteiger charge is 2.42. The summed E-state index contributed by atoms with van der Waals surface area (Å²) in [6, 6.07) is 4.24. The zero-order valence-electron chi connectivity index (χ0n) is 10.4. The summed E-state index contributed by atoms with van der Waals surface area (Å²) in [5.41, 5.74) is 1.21. The number of nitrogens with zero attached hydrogens (tertiary/aromatic N) is 3. The zero-order valence-corrected chi connectivity index (χ0v) is 10.4. The van der Waals surface area contributed by atoms with Gasteiger partial charge in [0, 0.05) is 25.6 Å². The van der Waals surface area contributed by atoms with Gasteiger partial charge in [-0.25, -0.2) is 0 Å². The van der Waals surface area contributed by atoms with E-state index in [0.717, 1.165) is 24.2 Å². The van der Waals surface area contributed by atoms with Gasteiger partial charge in [0.15, 0.2) is 5.78 Å². The highest BCUT2D eigenvalue weighted by molar-refractivity contribution is 5.89. The maximum atomic E-state index is 11.9. The maximum Gasteiger partial charge on any atom is 0.153 e. The Balaban J connectivity index is 2.27. The number of hydrogen-bond acceptors (Lipinski definition) is 3. The van der Waals surface area contributed by atoms with Crippen LogP contribution in [0.1, 0.15) is 37.6 Å². The molecule has 17 heavy (non-hydrogen) atoms. The van der Waals surface area contributed by atoms with Gasteiger partial charge in [-0.05, 0) is 25.3 Å². The molecule has 2 rings (SSSR count). The summed E-state index contributed by atoms with van der Waals surface area (Å²) < 4.78 is 1.80. The van der Waals surface area contributed by atoms with Crippen molar-refractivity contribution in [2.75, 3.05) is 0 Å². The molecule has 90 valence electrons. The average molecular weight is 231 g/mol. The van der Waals surface area contributed by atoms with Crippen molar-refractivity contribution < 1.29 is 4.79 Å². The van der Waals surface area contributed by atoms with Crippen LogP contribution in [0.5, 0.6) is 0 Å². The molecule has 1 heterocycles. The van der Waals surface area contributed by atoms with Crippen molar-refractivity contribution in [3.8, 4) is 6.07 Å². The number of aryl methyl sites for hydroxylation is 2. The smallest absolute Gasteiger partial charge is 0.153 e. The molecule has 1 unspecified atom stereocenters. The summed E-state index contributed by atoms with van der Waals surface area (Å²) in [5, 5.41) is 13.7. The lowest BCUT2D eigenvalue weighted by Gasteiger charge is -2.18. The standard InChI is InChI=1S/C13H17N3O/c1-3-10-7-11(16(2)15-10)8-13(9-14)6-4-5-12(13)17/h7H,3-6,8H2,1-2H3. The third-order valence-corrected chi connectivity index (χ3v) is 3.63. The van der Waals surface area contributed by atoms with Crippen molar-refractivity contribution in [3.05, 3.63) is 17.5 Å². The van der Waals surface area contributed by atoms with Crippen LogP contribution in [0.25, 0.3) is 0 Å². The molecule has 1 aliphatic carbocycles. The minimum absolute atomic E-state index is 0.0965. The quantitative estimate of drug-likeness (QED) is 0.796. The van der Waals surface area contributed by atoms with Crippen LogP contribution in [0, 0.1) is 16.7 Å². The first-order valence-electron chi connectivity index (χ1n) is 6.07. The Hall–Kier alpha value is -1.63. The second kappa shape index (κ2) is 4.33. The molecule has 0 bridgehead atoms. The number of carbonyl (C=O) groups excluding carboxylic acids is 1. The lowest BCUT2D eigenvalue weighted by atomic mass is 9.82. The molecule has 1 fully saturated rings. The predicted octanol–water partition coefficient (Wildman–Crippen LogP) is 1.79. The SMILES string of the molecule is CCc1cc(CC2(C#N)CCCC2=O)n(C)n1. The van der Waals surface area contributed by atoms with E-state index in [-0.39, 0.29) is 5.78 Å². The van der Waals surface area contributed by atoms with Crippen LogP contribution in [0.15, 0.2) is 6.07 Å². The first-order chi connectivity index (χ1) is 8.11. The van der Waals surface area contributed by atoms with Crippen molar-refractivity contribution in [2.24, 2.45) is 12.5 Å². The number of rotatable bonds is 3. The molecule has 0 radical (unpaired) electrons. The van der Waals surface area contributed by atoms with Gasteiger partial charge in [-0.15, -0.1) is 0 Å². The van der Waals surface area contributed by atoms with Crippen molar-refractivity contribution in [2.45, 2.75) is 39.0 Å². The topological polar surface area (TPSA) is 58.7 Å². The maximum absolute atomic E-state index is 11.9. The van der Waals surface area contributed by atoms with E-state index in [1.807, 2.05) is 20.0 Å². The van der Waals surface area contributed by atoms with Crippen molar-refractivity contribution in [3.63, 3.8) is 0 Å². The molecule has 0 aliphatic heterocycles. The summed E-state index contributed by atoms with van der Waals surface area (Å²) >= 11 is 0. The molecule has 0 N–H and O–H groups in total. The molecule has 4 heteroatoms. The Kier molecular flexibility index (Phi) is 3.01. The van der Waals surface area contributed by atoms with E-state index in [4.69, 9.17) is 0 Å². The Bertz CT molecular complexity index is 483. The van der Waals surface area contributed by atoms with Crippen molar-refractivity contribution in [1.29, 1.82) is 5.26 Å². The van der Waals surface area contributed by atoms with E-state index in [2.05, 4.69) is 11.2 Å². The predicted molar refractivity (Wildman–Crippen MR) is 63.2 cm³/mol. The van der Waals surface area contributed by atoms with Gasteiger partial charge in [0.1, 0.15) is 5.41 Å². The monoisotopic (exact) mass is 231 g/mol. The van der Waals surface area contributed by atoms with Crippen LogP contribution in [-0.4, -0.2) is 15.6 Å². The van der Waals surface area contributed by atoms with E-state index < -0.39 is 5.41 Å². The van der Waals surface area contributed by atoms with Gasteiger partial charge < -0.3 is 0 Å². The van der Waals surface area contributed by atoms with E-state index in [1.54, 1.807) is 4.68 Å². The molecule has 0 aromatic carbocycles. The normalized spacial score (nSPS) is 23.9. The molecule has 4 nitrogen and oxygen atoms in total. The summed E-state index contributed by atoms with van der Waals surface area (Å²) in [6.07, 6.45) is 3.46. The van der Waals surface area contributed by atoms with Gasteiger partial charge in [0.25, 0.3) is 0 Å². The molecule has 1 atom stereocenters. The fourth-order valence-electron chi connectivity index (χ4n) is 2.49. The van der Waals surface area contributed by atoms with Crippen LogP contribution in [0.4, 0.5) is 0 Å². The highest BCUT2D eigenvalue weighted by Crippen LogP contribution is 2.37. The summed E-state index contributed by atoms with van der Waals surface area (Å²) in [6.45, 7) is 2.05. The molecule has 1 saturated carbocycles. The summed E-state index contributed by atoms with van der Waals surface area (Å²) in [5.74, 6) is 0.0965. The van der Waals surface area contributed by atoms with E-state index in [9.17, 15) is 10.1 Å². The number of ketones is 1. The zero-order chi connectivity index (χ0) is 12.5. The molecular weight excluding hydrogens is 214 g/mol. The number of hydrogen-bond donors (Lipinski definition) is 0. The van der Waals surface area contributed by atoms with Gasteiger partial charge in [-0.1, -0.05) is 6.92 Å². The Morgan fingerprint density at radius 3 is 2.88 bits per heavy atom. The second-order valence-electron chi connectivity index (χ2n) is 4.75. The third kappa shape index (κ3) is 1.97. The van der Waals surface area contributed by atoms with Crippen LogP contribution >= 0.6 is 0 Å². The second-order valence-corrected chi connectivity index (χ2v) is 4.75. The molecule has 1 aromatic heterocycles. The van der Waals surface area contributed by atoms with Gasteiger partial charge in [0.05, 0.1) is 11.8 Å². The average Bonchev–Trinajstić information content (AvgIpc) is 2.85. The third-order valence-electron chi connectivity index (χ3n) is 3.63. The first kappa shape index (κ1) is 11.8. The first-order valence-corrected chi connectivity index (χ1v) is 6.07. The van der Waals surface area contributed by atoms with Crippen LogP contribution in [-0.2, 0) is 24.7 Å². The number of carbonyl (C=O) groups is 1. The van der Waals surface area contributed by atoms with Crippen LogP contribution in [0.3, 0.4) is 0 Å². The van der Waals surface area contributed by atoms with Crippen LogP contribution < -0.4 is 0 Å². The van der Waals surface area contributed by atoms with Crippen molar-refractivity contribution >= 4 is 5.78 Å². The number of Topliss-reactive ketones (excluding diaryl/α,β-unsaturated/α-hetero) is 1. The Labute approximate surface area is 101 Å². The van der Waals surface area contributed by atoms with E-state index in [1.165, 1.54) is 0 Å². The van der Waals surface area contributed by atoms with E-state index in [0.29, 0.717) is 19.3 Å². The number of nitriles is 1. The minimum atomic E-state index is -0.793. The summed E-state index contributed by atoms with van der Waals surface area (Å²) in [7, 11) is 1.87. The minimum Gasteiger partial charge on any atom is -0.298 e. The van der Waals surface area contributed by atoms with Gasteiger partial charge in [0.2, 0.25) is 0 Å². The fraction of sp³-hybridized carbons (Fsp3) is 0.615. The Morgan fingerprint density at radius 2 is 2.41 bits per heavy atom. The molecule has 0 amide bonds. The largest absolute Gasteiger partial charge is 0.298 e. The van der Waals surface area contributed by atoms with Gasteiger partial charge in [-0.3, -0.25) is 9.48 Å². The van der Waals surface area contributed by atoms with Gasteiger partial charge >= 0.3 is 0 Å². The Morgan fingerprint density at radius 1 is 1.65 bits per heavy atom. The lowest BCUT2D eigenvalue weighted by Crippen LogP contribution is -2.27. The van der Waals surface area contributed by atoms with Crippen LogP contribution in [0.2, 0.25) is 0 Å². The van der Waals surface area contributed by atoms with Crippen molar-refractivity contribution in [1.82, 2.24) is 9.78 Å². The molecule has 0 saturated heterocycles. The molecule has 1 aliphatic rings. The lowest BCUT2D eigenvalue weighted by molar-refractivity contribution is -0.123. The fourth-order valence-corrected chi connectivity index (χ4v) is 2.49.